The molecule has 0 unspecified atom stereocenters. The van der Waals surface area contributed by atoms with E-state index in [1.54, 1.807) is 6.20 Å². The van der Waals surface area contributed by atoms with Crippen LogP contribution in [0, 0.1) is 5.92 Å². The van der Waals surface area contributed by atoms with Crippen LogP contribution < -0.4 is 10.6 Å². The summed E-state index contributed by atoms with van der Waals surface area (Å²) in [6, 6.07) is 3.79. The third-order valence-electron chi connectivity index (χ3n) is 2.78. The summed E-state index contributed by atoms with van der Waals surface area (Å²) in [6.07, 6.45) is 3.28. The first-order valence-corrected chi connectivity index (χ1v) is 5.09. The maximum Gasteiger partial charge on any atom is 0.220 e. The van der Waals surface area contributed by atoms with Gasteiger partial charge in [0.15, 0.2) is 5.82 Å². The molecular weight excluding hydrogens is 192 g/mol. The van der Waals surface area contributed by atoms with E-state index in [2.05, 4.69) is 15.1 Å². The van der Waals surface area contributed by atoms with Crippen molar-refractivity contribution in [1.82, 2.24) is 10.2 Å². The summed E-state index contributed by atoms with van der Waals surface area (Å²) in [6.45, 7) is 1.65. The second kappa shape index (κ2) is 4.25. The molecule has 80 valence electrons. The predicted octanol–water partition coefficient (Wildman–Crippen LogP) is 0.178. The zero-order valence-electron chi connectivity index (χ0n) is 8.47. The van der Waals surface area contributed by atoms with Crippen LogP contribution in [0.5, 0.6) is 0 Å². The number of amides is 1. The van der Waals surface area contributed by atoms with Crippen molar-refractivity contribution in [2.24, 2.45) is 11.7 Å². The summed E-state index contributed by atoms with van der Waals surface area (Å²) in [5.41, 5.74) is 5.27. The molecule has 1 fully saturated rings. The van der Waals surface area contributed by atoms with Crippen LogP contribution in [-0.4, -0.2) is 29.2 Å². The minimum Gasteiger partial charge on any atom is -0.369 e. The molecule has 1 saturated heterocycles. The lowest BCUT2D eigenvalue weighted by Gasteiger charge is -2.30. The summed E-state index contributed by atoms with van der Waals surface area (Å²) in [5, 5.41) is 7.86. The average Bonchev–Trinajstić information content (AvgIpc) is 2.30. The number of nitrogens with zero attached hydrogens (tertiary/aromatic N) is 3. The Kier molecular flexibility index (Phi) is 2.80. The number of rotatable bonds is 2. The van der Waals surface area contributed by atoms with Gasteiger partial charge in [0.25, 0.3) is 0 Å². The quantitative estimate of drug-likeness (QED) is 0.749. The number of carbonyl (C=O) groups excluding carboxylic acids is 1. The maximum atomic E-state index is 11.0. The fraction of sp³-hybridized carbons (Fsp3) is 0.500. The molecule has 1 aromatic rings. The first-order valence-electron chi connectivity index (χ1n) is 5.09. The number of hydrogen-bond acceptors (Lipinski definition) is 4. The highest BCUT2D eigenvalue weighted by atomic mass is 16.1. The zero-order chi connectivity index (χ0) is 10.7. The van der Waals surface area contributed by atoms with E-state index in [0.717, 1.165) is 31.7 Å². The largest absolute Gasteiger partial charge is 0.369 e. The normalized spacial score (nSPS) is 17.7. The second-order valence-corrected chi connectivity index (χ2v) is 3.75. The lowest BCUT2D eigenvalue weighted by atomic mass is 9.96. The van der Waals surface area contributed by atoms with Crippen molar-refractivity contribution < 1.29 is 4.79 Å². The van der Waals surface area contributed by atoms with E-state index in [9.17, 15) is 4.79 Å². The highest BCUT2D eigenvalue weighted by Crippen LogP contribution is 2.20. The number of hydrogen-bond donors (Lipinski definition) is 1. The number of nitrogens with two attached hydrogens (primary N) is 1. The van der Waals surface area contributed by atoms with E-state index in [1.807, 2.05) is 12.1 Å². The van der Waals surface area contributed by atoms with Crippen LogP contribution in [0.25, 0.3) is 0 Å². The molecule has 1 aliphatic rings. The fourth-order valence-corrected chi connectivity index (χ4v) is 1.86. The molecule has 1 aliphatic heterocycles. The smallest absolute Gasteiger partial charge is 0.220 e. The van der Waals surface area contributed by atoms with E-state index in [4.69, 9.17) is 5.73 Å². The van der Waals surface area contributed by atoms with Gasteiger partial charge in [-0.25, -0.2) is 0 Å². The van der Waals surface area contributed by atoms with Gasteiger partial charge in [-0.3, -0.25) is 4.79 Å². The number of anilines is 1. The lowest BCUT2D eigenvalue weighted by Crippen LogP contribution is -2.38. The maximum absolute atomic E-state index is 11.0. The Bertz CT molecular complexity index is 333. The van der Waals surface area contributed by atoms with Crippen molar-refractivity contribution in [3.8, 4) is 0 Å². The van der Waals surface area contributed by atoms with Crippen LogP contribution in [-0.2, 0) is 4.79 Å². The van der Waals surface area contributed by atoms with Crippen molar-refractivity contribution >= 4 is 11.7 Å². The molecule has 2 heterocycles. The number of piperidine rings is 1. The molecule has 1 aromatic heterocycles. The van der Waals surface area contributed by atoms with Gasteiger partial charge >= 0.3 is 0 Å². The molecule has 2 N–H and O–H groups in total. The van der Waals surface area contributed by atoms with Crippen molar-refractivity contribution in [3.05, 3.63) is 18.3 Å². The Morgan fingerprint density at radius 2 is 2.20 bits per heavy atom. The Balaban J connectivity index is 1.97. The van der Waals surface area contributed by atoms with E-state index in [-0.39, 0.29) is 11.8 Å². The monoisotopic (exact) mass is 206 g/mol. The Morgan fingerprint density at radius 3 is 2.73 bits per heavy atom. The molecule has 5 nitrogen and oxygen atoms in total. The van der Waals surface area contributed by atoms with Crippen LogP contribution in [0.15, 0.2) is 18.3 Å². The highest BCUT2D eigenvalue weighted by molar-refractivity contribution is 5.76. The highest BCUT2D eigenvalue weighted by Gasteiger charge is 2.23. The van der Waals surface area contributed by atoms with E-state index in [0.29, 0.717) is 0 Å². The summed E-state index contributed by atoms with van der Waals surface area (Å²) in [4.78, 5) is 13.1. The Hall–Kier alpha value is -1.65. The molecule has 0 aromatic carbocycles. The Morgan fingerprint density at radius 1 is 1.47 bits per heavy atom. The molecular formula is C10H14N4O. The zero-order valence-corrected chi connectivity index (χ0v) is 8.47. The van der Waals surface area contributed by atoms with Gasteiger partial charge in [0.05, 0.1) is 0 Å². The third kappa shape index (κ3) is 2.23. The van der Waals surface area contributed by atoms with E-state index < -0.39 is 0 Å². The third-order valence-corrected chi connectivity index (χ3v) is 2.78. The van der Waals surface area contributed by atoms with Gasteiger partial charge in [-0.2, -0.15) is 5.10 Å². The summed E-state index contributed by atoms with van der Waals surface area (Å²) in [5.74, 6) is 0.715. The average molecular weight is 206 g/mol. The minimum absolute atomic E-state index is 0.0259. The van der Waals surface area contributed by atoms with Gasteiger partial charge < -0.3 is 10.6 Å². The van der Waals surface area contributed by atoms with Crippen LogP contribution in [0.2, 0.25) is 0 Å². The minimum atomic E-state index is -0.186. The van der Waals surface area contributed by atoms with Crippen LogP contribution >= 0.6 is 0 Å². The van der Waals surface area contributed by atoms with Gasteiger partial charge in [0, 0.05) is 25.2 Å². The van der Waals surface area contributed by atoms with Crippen LogP contribution in [0.3, 0.4) is 0 Å². The molecule has 0 saturated carbocycles. The van der Waals surface area contributed by atoms with E-state index in [1.165, 1.54) is 0 Å². The van der Waals surface area contributed by atoms with Crippen LogP contribution in [0.1, 0.15) is 12.8 Å². The molecule has 0 radical (unpaired) electrons. The topological polar surface area (TPSA) is 72.1 Å². The SMILES string of the molecule is NC(=O)C1CCN(c2cccnn2)CC1. The molecule has 15 heavy (non-hydrogen) atoms. The Labute approximate surface area is 88.3 Å². The van der Waals surface area contributed by atoms with Crippen LogP contribution in [0.4, 0.5) is 5.82 Å². The molecule has 0 aliphatic carbocycles. The molecule has 1 amide bonds. The van der Waals surface area contributed by atoms with Gasteiger partial charge in [0.1, 0.15) is 0 Å². The first kappa shape index (κ1) is 9.89. The van der Waals surface area contributed by atoms with Crippen molar-refractivity contribution in [2.45, 2.75) is 12.8 Å². The van der Waals surface area contributed by atoms with Crippen molar-refractivity contribution in [2.75, 3.05) is 18.0 Å². The van der Waals surface area contributed by atoms with Gasteiger partial charge in [-0.1, -0.05) is 0 Å². The molecule has 0 spiro atoms. The number of aromatic nitrogens is 2. The molecule has 0 bridgehead atoms. The van der Waals surface area contributed by atoms with Gasteiger partial charge in [0.2, 0.25) is 5.91 Å². The van der Waals surface area contributed by atoms with Crippen molar-refractivity contribution in [3.63, 3.8) is 0 Å². The van der Waals surface area contributed by atoms with Crippen molar-refractivity contribution in [1.29, 1.82) is 0 Å². The standard InChI is InChI=1S/C10H14N4O/c11-10(15)8-3-6-14(7-4-8)9-2-1-5-12-13-9/h1-2,5,8H,3-4,6-7H2,(H2,11,15). The summed E-state index contributed by atoms with van der Waals surface area (Å²) in [7, 11) is 0. The molecule has 5 heteroatoms. The molecule has 0 atom stereocenters. The lowest BCUT2D eigenvalue weighted by molar-refractivity contribution is -0.122. The molecule has 2 rings (SSSR count). The first-order chi connectivity index (χ1) is 7.27. The fourth-order valence-electron chi connectivity index (χ4n) is 1.86. The number of carbonyl (C=O) groups is 1. The predicted molar refractivity (Wildman–Crippen MR) is 56.2 cm³/mol. The number of primary amides is 1. The summed E-state index contributed by atoms with van der Waals surface area (Å²) < 4.78 is 0. The summed E-state index contributed by atoms with van der Waals surface area (Å²) >= 11 is 0. The van der Waals surface area contributed by atoms with Gasteiger partial charge in [-0.05, 0) is 25.0 Å². The van der Waals surface area contributed by atoms with Gasteiger partial charge in [-0.15, -0.1) is 5.10 Å². The second-order valence-electron chi connectivity index (χ2n) is 3.75. The van der Waals surface area contributed by atoms with E-state index >= 15 is 0 Å².